The van der Waals surface area contributed by atoms with E-state index in [1.165, 1.54) is 5.56 Å². The third-order valence-electron chi connectivity index (χ3n) is 6.44. The Balaban J connectivity index is 1.56. The lowest BCUT2D eigenvalue weighted by atomic mass is 9.76. The zero-order valence-corrected chi connectivity index (χ0v) is 18.0. The first-order valence-corrected chi connectivity index (χ1v) is 10.9. The SMILES string of the molecule is CCOC(=O)[C@]1(Cc2cc(-c3ccc(C)cc3)no2)CCCN(C(=O)[C@@H]2C[C@H]2C)C1. The molecule has 1 aliphatic carbocycles. The predicted octanol–water partition coefficient (Wildman–Crippen LogP) is 4.02. The van der Waals surface area contributed by atoms with Gasteiger partial charge < -0.3 is 14.2 Å². The molecule has 1 amide bonds. The molecule has 2 fully saturated rings. The molecule has 6 heteroatoms. The van der Waals surface area contributed by atoms with Gasteiger partial charge in [-0.3, -0.25) is 9.59 Å². The van der Waals surface area contributed by atoms with Crippen molar-refractivity contribution in [2.24, 2.45) is 17.3 Å². The normalized spacial score (nSPS) is 25.8. The molecule has 1 saturated heterocycles. The highest BCUT2D eigenvalue weighted by molar-refractivity contribution is 5.84. The van der Waals surface area contributed by atoms with Crippen LogP contribution in [0.5, 0.6) is 0 Å². The molecule has 1 aromatic heterocycles. The Morgan fingerprint density at radius 1 is 1.30 bits per heavy atom. The molecule has 160 valence electrons. The molecule has 0 bridgehead atoms. The largest absolute Gasteiger partial charge is 0.466 e. The minimum atomic E-state index is -0.786. The van der Waals surface area contributed by atoms with Gasteiger partial charge in [0.25, 0.3) is 0 Å². The number of nitrogens with zero attached hydrogens (tertiary/aromatic N) is 2. The number of amides is 1. The Labute approximate surface area is 177 Å². The first kappa shape index (κ1) is 20.6. The fourth-order valence-electron chi connectivity index (χ4n) is 4.48. The van der Waals surface area contributed by atoms with Gasteiger partial charge >= 0.3 is 5.97 Å². The molecular formula is C24H30N2O4. The van der Waals surface area contributed by atoms with Crippen LogP contribution in [0.4, 0.5) is 0 Å². The number of carbonyl (C=O) groups is 2. The van der Waals surface area contributed by atoms with Gasteiger partial charge in [0.15, 0.2) is 0 Å². The molecule has 0 spiro atoms. The number of carbonyl (C=O) groups excluding carboxylic acids is 2. The van der Waals surface area contributed by atoms with Gasteiger partial charge in [-0.25, -0.2) is 0 Å². The number of piperidine rings is 1. The Hall–Kier alpha value is -2.63. The Morgan fingerprint density at radius 2 is 2.03 bits per heavy atom. The molecule has 2 aromatic rings. The van der Waals surface area contributed by atoms with Crippen molar-refractivity contribution in [2.45, 2.75) is 46.5 Å². The summed E-state index contributed by atoms with van der Waals surface area (Å²) in [5.41, 5.74) is 2.12. The van der Waals surface area contributed by atoms with Crippen LogP contribution >= 0.6 is 0 Å². The van der Waals surface area contributed by atoms with Crippen LogP contribution < -0.4 is 0 Å². The molecule has 1 saturated carbocycles. The summed E-state index contributed by atoms with van der Waals surface area (Å²) in [5, 5.41) is 4.21. The number of aromatic nitrogens is 1. The lowest BCUT2D eigenvalue weighted by Gasteiger charge is -2.40. The second kappa shape index (κ2) is 8.25. The molecule has 1 aliphatic heterocycles. The van der Waals surface area contributed by atoms with Gasteiger partial charge in [-0.05, 0) is 39.0 Å². The zero-order chi connectivity index (χ0) is 21.3. The van der Waals surface area contributed by atoms with Crippen molar-refractivity contribution in [2.75, 3.05) is 19.7 Å². The summed E-state index contributed by atoms with van der Waals surface area (Å²) < 4.78 is 11.1. The van der Waals surface area contributed by atoms with E-state index in [1.807, 2.05) is 49.1 Å². The fraction of sp³-hybridized carbons (Fsp3) is 0.542. The van der Waals surface area contributed by atoms with E-state index >= 15 is 0 Å². The van der Waals surface area contributed by atoms with Crippen molar-refractivity contribution < 1.29 is 18.8 Å². The molecule has 0 N–H and O–H groups in total. The third-order valence-corrected chi connectivity index (χ3v) is 6.44. The summed E-state index contributed by atoms with van der Waals surface area (Å²) in [6, 6.07) is 9.99. The van der Waals surface area contributed by atoms with Crippen molar-refractivity contribution in [1.29, 1.82) is 0 Å². The van der Waals surface area contributed by atoms with Crippen LogP contribution in [0.3, 0.4) is 0 Å². The summed E-state index contributed by atoms with van der Waals surface area (Å²) in [7, 11) is 0. The van der Waals surface area contributed by atoms with Gasteiger partial charge in [-0.2, -0.15) is 0 Å². The van der Waals surface area contributed by atoms with E-state index < -0.39 is 5.41 Å². The van der Waals surface area contributed by atoms with Crippen LogP contribution in [-0.4, -0.2) is 41.6 Å². The molecule has 6 nitrogen and oxygen atoms in total. The number of esters is 1. The van der Waals surface area contributed by atoms with E-state index in [9.17, 15) is 9.59 Å². The lowest BCUT2D eigenvalue weighted by Crippen LogP contribution is -2.52. The van der Waals surface area contributed by atoms with E-state index in [4.69, 9.17) is 9.26 Å². The number of hydrogen-bond acceptors (Lipinski definition) is 5. The van der Waals surface area contributed by atoms with Crippen molar-refractivity contribution in [3.05, 3.63) is 41.7 Å². The van der Waals surface area contributed by atoms with Gasteiger partial charge in [-0.15, -0.1) is 0 Å². The minimum absolute atomic E-state index is 0.112. The number of aryl methyl sites for hydroxylation is 1. The lowest BCUT2D eigenvalue weighted by molar-refractivity contribution is -0.161. The van der Waals surface area contributed by atoms with Crippen LogP contribution in [0, 0.1) is 24.2 Å². The maximum atomic E-state index is 13.0. The average Bonchev–Trinajstić information content (AvgIpc) is 3.29. The number of hydrogen-bond donors (Lipinski definition) is 0. The van der Waals surface area contributed by atoms with Crippen molar-refractivity contribution in [1.82, 2.24) is 10.1 Å². The summed E-state index contributed by atoms with van der Waals surface area (Å²) in [6.07, 6.45) is 2.79. The Morgan fingerprint density at radius 3 is 2.70 bits per heavy atom. The maximum Gasteiger partial charge on any atom is 0.314 e. The van der Waals surface area contributed by atoms with Gasteiger partial charge in [-0.1, -0.05) is 41.9 Å². The minimum Gasteiger partial charge on any atom is -0.466 e. The van der Waals surface area contributed by atoms with E-state index in [2.05, 4.69) is 12.1 Å². The van der Waals surface area contributed by atoms with E-state index in [0.717, 1.165) is 24.1 Å². The standard InChI is InChI=1S/C24H30N2O4/c1-4-29-23(28)24(10-5-11-26(15-24)22(27)20-12-17(20)3)14-19-13-21(25-30-19)18-8-6-16(2)7-9-18/h6-9,13,17,20H,4-5,10-12,14-15H2,1-3H3/t17-,20-,24+/m1/s1. The molecular weight excluding hydrogens is 380 g/mol. The average molecular weight is 411 g/mol. The Kier molecular flexibility index (Phi) is 5.67. The topological polar surface area (TPSA) is 72.6 Å². The first-order chi connectivity index (χ1) is 14.4. The molecule has 0 radical (unpaired) electrons. The first-order valence-electron chi connectivity index (χ1n) is 10.9. The second-order valence-electron chi connectivity index (χ2n) is 8.90. The highest BCUT2D eigenvalue weighted by Crippen LogP contribution is 2.42. The van der Waals surface area contributed by atoms with Crippen LogP contribution in [0.2, 0.25) is 0 Å². The molecule has 4 rings (SSSR count). The highest BCUT2D eigenvalue weighted by atomic mass is 16.5. The molecule has 2 heterocycles. The maximum absolute atomic E-state index is 13.0. The van der Waals surface area contributed by atoms with E-state index in [-0.39, 0.29) is 17.8 Å². The summed E-state index contributed by atoms with van der Waals surface area (Å²) in [6.45, 7) is 7.36. The van der Waals surface area contributed by atoms with Crippen LogP contribution in [-0.2, 0) is 20.7 Å². The quantitative estimate of drug-likeness (QED) is 0.673. The monoisotopic (exact) mass is 410 g/mol. The summed E-state index contributed by atoms with van der Waals surface area (Å²) >= 11 is 0. The Bertz CT molecular complexity index is 920. The number of likely N-dealkylation sites (tertiary alicyclic amines) is 1. The van der Waals surface area contributed by atoms with Crippen molar-refractivity contribution >= 4 is 11.9 Å². The van der Waals surface area contributed by atoms with E-state index in [0.29, 0.717) is 44.2 Å². The van der Waals surface area contributed by atoms with Crippen molar-refractivity contribution in [3.8, 4) is 11.3 Å². The summed E-state index contributed by atoms with van der Waals surface area (Å²) in [4.78, 5) is 27.7. The van der Waals surface area contributed by atoms with Gasteiger partial charge in [0.05, 0.1) is 12.0 Å². The zero-order valence-electron chi connectivity index (χ0n) is 18.0. The van der Waals surface area contributed by atoms with Gasteiger partial charge in [0.2, 0.25) is 5.91 Å². The summed E-state index contributed by atoms with van der Waals surface area (Å²) in [5.74, 6) is 1.13. The van der Waals surface area contributed by atoms with Gasteiger partial charge in [0, 0.05) is 37.1 Å². The van der Waals surface area contributed by atoms with Gasteiger partial charge in [0.1, 0.15) is 11.5 Å². The molecule has 3 atom stereocenters. The molecule has 2 aliphatic rings. The highest BCUT2D eigenvalue weighted by Gasteiger charge is 2.49. The van der Waals surface area contributed by atoms with E-state index in [1.54, 1.807) is 0 Å². The molecule has 0 unspecified atom stereocenters. The second-order valence-corrected chi connectivity index (χ2v) is 8.90. The number of ether oxygens (including phenoxy) is 1. The smallest absolute Gasteiger partial charge is 0.314 e. The third kappa shape index (κ3) is 4.13. The van der Waals surface area contributed by atoms with Crippen LogP contribution in [0.1, 0.15) is 44.4 Å². The fourth-order valence-corrected chi connectivity index (χ4v) is 4.48. The number of benzene rings is 1. The number of rotatable bonds is 6. The predicted molar refractivity (Wildman–Crippen MR) is 113 cm³/mol. The molecule has 1 aromatic carbocycles. The van der Waals surface area contributed by atoms with Crippen LogP contribution in [0.25, 0.3) is 11.3 Å². The molecule has 30 heavy (non-hydrogen) atoms. The van der Waals surface area contributed by atoms with Crippen molar-refractivity contribution in [3.63, 3.8) is 0 Å². The van der Waals surface area contributed by atoms with Crippen LogP contribution in [0.15, 0.2) is 34.9 Å².